The van der Waals surface area contributed by atoms with E-state index in [0.717, 1.165) is 22.2 Å². The maximum Gasteiger partial charge on any atom is 0.321 e. The molecule has 4 rings (SSSR count). The Morgan fingerprint density at radius 2 is 1.69 bits per heavy atom. The summed E-state index contributed by atoms with van der Waals surface area (Å²) in [5.74, 6) is -0.525. The number of carbonyl (C=O) groups is 1. The average molecular weight is 528 g/mol. The van der Waals surface area contributed by atoms with E-state index in [4.69, 9.17) is 4.74 Å². The SMILES string of the molecule is COc1ccc(-c2ccc(S(=O)(=O)NC(CC(O)CSc3nc4ccccc4[nH]3)C(=O)O)cc2)cc1. The number of methoxy groups -OCH3 is 1. The van der Waals surface area contributed by atoms with Crippen LogP contribution in [0.3, 0.4) is 0 Å². The van der Waals surface area contributed by atoms with Gasteiger partial charge in [0.05, 0.1) is 29.1 Å². The topological polar surface area (TPSA) is 142 Å². The number of benzene rings is 3. The Kier molecular flexibility index (Phi) is 7.94. The number of aliphatic hydroxyl groups is 1. The summed E-state index contributed by atoms with van der Waals surface area (Å²) < 4.78 is 33.0. The minimum Gasteiger partial charge on any atom is -0.497 e. The normalized spacial score (nSPS) is 13.4. The number of sulfonamides is 1. The number of ether oxygens (including phenoxy) is 1. The minimum absolute atomic E-state index is 0.0721. The second kappa shape index (κ2) is 11.1. The smallest absolute Gasteiger partial charge is 0.321 e. The highest BCUT2D eigenvalue weighted by Gasteiger charge is 2.28. The molecule has 0 amide bonds. The summed E-state index contributed by atoms with van der Waals surface area (Å²) in [6, 6.07) is 19.4. The lowest BCUT2D eigenvalue weighted by Gasteiger charge is -2.18. The van der Waals surface area contributed by atoms with Gasteiger partial charge in [0, 0.05) is 12.2 Å². The summed E-state index contributed by atoms with van der Waals surface area (Å²) >= 11 is 1.23. The van der Waals surface area contributed by atoms with E-state index < -0.39 is 28.1 Å². The maximum atomic E-state index is 12.8. The van der Waals surface area contributed by atoms with Gasteiger partial charge in [0.25, 0.3) is 0 Å². The lowest BCUT2D eigenvalue weighted by Crippen LogP contribution is -2.43. The highest BCUT2D eigenvalue weighted by atomic mass is 32.2. The van der Waals surface area contributed by atoms with Crippen molar-refractivity contribution in [3.05, 3.63) is 72.8 Å². The molecule has 1 heterocycles. The van der Waals surface area contributed by atoms with Crippen molar-refractivity contribution in [2.75, 3.05) is 12.9 Å². The number of imidazole rings is 1. The Morgan fingerprint density at radius 3 is 2.31 bits per heavy atom. The standard InChI is InChI=1S/C25H25N3O6S2/c1-34-19-10-6-16(7-11-19)17-8-12-20(13-9-17)36(32,33)28-23(24(30)31)14-18(29)15-35-25-26-21-4-2-3-5-22(21)27-25/h2-13,18,23,28-29H,14-15H2,1H3,(H,26,27)(H,30,31). The number of carboxylic acid groups (broad SMARTS) is 1. The predicted octanol–water partition coefficient (Wildman–Crippen LogP) is 3.51. The van der Waals surface area contributed by atoms with Crippen LogP contribution in [0, 0.1) is 0 Å². The zero-order chi connectivity index (χ0) is 25.7. The van der Waals surface area contributed by atoms with Crippen LogP contribution < -0.4 is 9.46 Å². The Morgan fingerprint density at radius 1 is 1.06 bits per heavy atom. The van der Waals surface area contributed by atoms with Gasteiger partial charge < -0.3 is 19.9 Å². The van der Waals surface area contributed by atoms with Crippen LogP contribution in [-0.4, -0.2) is 59.6 Å². The second-order valence-electron chi connectivity index (χ2n) is 8.02. The summed E-state index contributed by atoms with van der Waals surface area (Å²) in [6.45, 7) is 0. The third kappa shape index (κ3) is 6.24. The fraction of sp³-hybridized carbons (Fsp3) is 0.200. The van der Waals surface area contributed by atoms with Gasteiger partial charge >= 0.3 is 5.97 Å². The second-order valence-corrected chi connectivity index (χ2v) is 10.7. The molecule has 188 valence electrons. The molecule has 1 aromatic heterocycles. The summed E-state index contributed by atoms with van der Waals surface area (Å²) in [5.41, 5.74) is 3.30. The molecule has 9 nitrogen and oxygen atoms in total. The number of H-pyrrole nitrogens is 1. The van der Waals surface area contributed by atoms with Crippen molar-refractivity contribution in [1.29, 1.82) is 0 Å². The third-order valence-corrected chi connectivity index (χ3v) is 7.98. The van der Waals surface area contributed by atoms with Gasteiger partial charge in [0.15, 0.2) is 5.16 Å². The summed E-state index contributed by atoms with van der Waals surface area (Å²) in [7, 11) is -2.56. The highest BCUT2D eigenvalue weighted by Crippen LogP contribution is 2.24. The summed E-state index contributed by atoms with van der Waals surface area (Å²) in [4.78, 5) is 19.2. The van der Waals surface area contributed by atoms with Crippen LogP contribution in [0.5, 0.6) is 5.75 Å². The first-order chi connectivity index (χ1) is 17.2. The zero-order valence-corrected chi connectivity index (χ0v) is 20.9. The number of fused-ring (bicyclic) bond motifs is 1. The molecule has 2 atom stereocenters. The largest absolute Gasteiger partial charge is 0.497 e. The van der Waals surface area contributed by atoms with Crippen molar-refractivity contribution < 1.29 is 28.2 Å². The molecule has 3 aromatic carbocycles. The number of nitrogens with one attached hydrogen (secondary N) is 2. The fourth-order valence-electron chi connectivity index (χ4n) is 3.58. The molecule has 36 heavy (non-hydrogen) atoms. The van der Waals surface area contributed by atoms with Crippen LogP contribution in [0.2, 0.25) is 0 Å². The van der Waals surface area contributed by atoms with E-state index >= 15 is 0 Å². The van der Waals surface area contributed by atoms with Crippen LogP contribution in [0.15, 0.2) is 82.8 Å². The van der Waals surface area contributed by atoms with Crippen molar-refractivity contribution in [2.45, 2.75) is 28.6 Å². The first-order valence-electron chi connectivity index (χ1n) is 11.0. The monoisotopic (exact) mass is 527 g/mol. The minimum atomic E-state index is -4.13. The van der Waals surface area contributed by atoms with Gasteiger partial charge in [-0.25, -0.2) is 13.4 Å². The van der Waals surface area contributed by atoms with E-state index in [2.05, 4.69) is 14.7 Å². The van der Waals surface area contributed by atoms with E-state index in [1.807, 2.05) is 36.4 Å². The molecular weight excluding hydrogens is 502 g/mol. The molecule has 4 N–H and O–H groups in total. The first-order valence-corrected chi connectivity index (χ1v) is 13.5. The maximum absolute atomic E-state index is 12.8. The highest BCUT2D eigenvalue weighted by molar-refractivity contribution is 7.99. The van der Waals surface area contributed by atoms with Crippen molar-refractivity contribution in [3.63, 3.8) is 0 Å². The Hall–Kier alpha value is -3.38. The van der Waals surface area contributed by atoms with E-state index in [9.17, 15) is 23.4 Å². The van der Waals surface area contributed by atoms with Crippen molar-refractivity contribution >= 4 is 38.8 Å². The van der Waals surface area contributed by atoms with Gasteiger partial charge in [-0.15, -0.1) is 0 Å². The van der Waals surface area contributed by atoms with Gasteiger partial charge in [0.2, 0.25) is 10.0 Å². The number of rotatable bonds is 11. The first kappa shape index (κ1) is 25.7. The molecule has 0 spiro atoms. The van der Waals surface area contributed by atoms with Crippen molar-refractivity contribution in [1.82, 2.24) is 14.7 Å². The van der Waals surface area contributed by atoms with E-state index in [1.165, 1.54) is 23.9 Å². The van der Waals surface area contributed by atoms with Gasteiger partial charge in [-0.05, 0) is 47.5 Å². The number of hydrogen-bond donors (Lipinski definition) is 4. The number of nitrogens with zero attached hydrogens (tertiary/aromatic N) is 1. The fourth-order valence-corrected chi connectivity index (χ4v) is 5.61. The number of aliphatic carboxylic acids is 1. The molecule has 4 aromatic rings. The molecule has 0 radical (unpaired) electrons. The van der Waals surface area contributed by atoms with Gasteiger partial charge in [-0.1, -0.05) is 48.2 Å². The molecule has 0 saturated heterocycles. The van der Waals surface area contributed by atoms with Crippen LogP contribution in [0.25, 0.3) is 22.2 Å². The predicted molar refractivity (Wildman–Crippen MR) is 138 cm³/mol. The third-order valence-electron chi connectivity index (χ3n) is 5.47. The lowest BCUT2D eigenvalue weighted by molar-refractivity contribution is -0.139. The number of carboxylic acids is 1. The van der Waals surface area contributed by atoms with Crippen molar-refractivity contribution in [3.8, 4) is 16.9 Å². The molecule has 0 aliphatic carbocycles. The molecule has 11 heteroatoms. The molecule has 0 saturated carbocycles. The summed E-state index contributed by atoms with van der Waals surface area (Å²) in [5, 5.41) is 20.6. The van der Waals surface area contributed by atoms with Gasteiger partial charge in [-0.3, -0.25) is 4.79 Å². The lowest BCUT2D eigenvalue weighted by atomic mass is 10.1. The number of aliphatic hydroxyl groups excluding tert-OH is 1. The molecule has 0 bridgehead atoms. The number of thioether (sulfide) groups is 1. The van der Waals surface area contributed by atoms with E-state index in [1.54, 1.807) is 31.4 Å². The van der Waals surface area contributed by atoms with Gasteiger partial charge in [-0.2, -0.15) is 4.72 Å². The van der Waals surface area contributed by atoms with Crippen LogP contribution in [-0.2, 0) is 14.8 Å². The van der Waals surface area contributed by atoms with Crippen LogP contribution >= 0.6 is 11.8 Å². The average Bonchev–Trinajstić information content (AvgIpc) is 3.30. The molecule has 0 fully saturated rings. The van der Waals surface area contributed by atoms with Gasteiger partial charge in [0.1, 0.15) is 11.8 Å². The number of aromatic nitrogens is 2. The number of aromatic amines is 1. The van der Waals surface area contributed by atoms with Crippen LogP contribution in [0.1, 0.15) is 6.42 Å². The van der Waals surface area contributed by atoms with Crippen molar-refractivity contribution in [2.24, 2.45) is 0 Å². The van der Waals surface area contributed by atoms with Crippen LogP contribution in [0.4, 0.5) is 0 Å². The zero-order valence-electron chi connectivity index (χ0n) is 19.3. The Labute approximate surface area is 212 Å². The number of hydrogen-bond acceptors (Lipinski definition) is 7. The Bertz CT molecular complexity index is 1400. The Balaban J connectivity index is 1.38. The molecular formula is C25H25N3O6S2. The summed E-state index contributed by atoms with van der Waals surface area (Å²) in [6.07, 6.45) is -1.38. The molecule has 2 unspecified atom stereocenters. The number of para-hydroxylation sites is 2. The quantitative estimate of drug-likeness (QED) is 0.217. The molecule has 0 aliphatic rings. The molecule has 0 aliphatic heterocycles. The van der Waals surface area contributed by atoms with E-state index in [-0.39, 0.29) is 17.1 Å². The van der Waals surface area contributed by atoms with E-state index in [0.29, 0.717) is 10.9 Å².